The molecule has 0 fully saturated rings. The molecule has 0 N–H and O–H groups in total. The molecule has 4 aromatic rings. The number of thiophene rings is 1. The molecule has 8 heteroatoms. The van der Waals surface area contributed by atoms with Gasteiger partial charge in [-0.25, -0.2) is 0 Å². The van der Waals surface area contributed by atoms with Crippen LogP contribution in [0.2, 0.25) is 5.02 Å². The largest absolute Gasteiger partial charge is 0.468 e. The fourth-order valence-electron chi connectivity index (χ4n) is 3.02. The molecular formula is C20H15ClN2O3S2. The first-order valence-corrected chi connectivity index (χ1v) is 10.4. The van der Waals surface area contributed by atoms with Crippen molar-refractivity contribution in [3.8, 4) is 0 Å². The number of amides is 1. The van der Waals surface area contributed by atoms with Gasteiger partial charge in [0.05, 0.1) is 22.3 Å². The molecule has 2 aromatic heterocycles. The van der Waals surface area contributed by atoms with E-state index in [1.54, 1.807) is 4.57 Å². The maximum atomic E-state index is 12.9. The van der Waals surface area contributed by atoms with E-state index in [9.17, 15) is 9.59 Å². The van der Waals surface area contributed by atoms with Gasteiger partial charge in [0, 0.05) is 10.1 Å². The normalized spacial score (nSPS) is 12.0. The number of aryl methyl sites for hydroxylation is 1. The van der Waals surface area contributed by atoms with Gasteiger partial charge in [-0.1, -0.05) is 53.3 Å². The molecule has 5 nitrogen and oxygen atoms in total. The molecule has 0 unspecified atom stereocenters. The number of para-hydroxylation sites is 1. The van der Waals surface area contributed by atoms with Crippen molar-refractivity contribution in [3.05, 3.63) is 62.7 Å². The molecule has 2 heterocycles. The molecule has 2 aromatic carbocycles. The lowest BCUT2D eigenvalue weighted by Gasteiger charge is -2.05. The smallest absolute Gasteiger partial charge is 0.325 e. The van der Waals surface area contributed by atoms with Gasteiger partial charge in [0.1, 0.15) is 11.4 Å². The highest BCUT2D eigenvalue weighted by molar-refractivity contribution is 7.21. The van der Waals surface area contributed by atoms with E-state index in [4.69, 9.17) is 16.3 Å². The second-order valence-corrected chi connectivity index (χ2v) is 8.57. The zero-order valence-electron chi connectivity index (χ0n) is 15.1. The summed E-state index contributed by atoms with van der Waals surface area (Å²) in [4.78, 5) is 30.0. The molecule has 0 spiro atoms. The predicted octanol–water partition coefficient (Wildman–Crippen LogP) is 4.79. The Morgan fingerprint density at radius 2 is 1.86 bits per heavy atom. The first-order valence-electron chi connectivity index (χ1n) is 8.41. The molecule has 0 aliphatic heterocycles. The highest BCUT2D eigenvalue weighted by Gasteiger charge is 2.18. The molecule has 0 saturated heterocycles. The third-order valence-corrected chi connectivity index (χ3v) is 7.05. The molecule has 142 valence electrons. The summed E-state index contributed by atoms with van der Waals surface area (Å²) in [5, 5.41) is 1.24. The van der Waals surface area contributed by atoms with Gasteiger partial charge in [-0.2, -0.15) is 4.99 Å². The number of aromatic nitrogens is 1. The minimum Gasteiger partial charge on any atom is -0.468 e. The molecule has 1 amide bonds. The van der Waals surface area contributed by atoms with Crippen molar-refractivity contribution >= 4 is 66.5 Å². The Morgan fingerprint density at radius 3 is 2.61 bits per heavy atom. The van der Waals surface area contributed by atoms with Crippen LogP contribution >= 0.6 is 34.3 Å². The van der Waals surface area contributed by atoms with E-state index in [1.165, 1.54) is 29.8 Å². The van der Waals surface area contributed by atoms with Gasteiger partial charge in [0.15, 0.2) is 4.80 Å². The van der Waals surface area contributed by atoms with Gasteiger partial charge in [-0.05, 0) is 24.6 Å². The molecule has 0 bridgehead atoms. The molecule has 0 aliphatic rings. The second-order valence-electron chi connectivity index (χ2n) is 6.13. The Kier molecular flexibility index (Phi) is 5.05. The van der Waals surface area contributed by atoms with Crippen LogP contribution in [0, 0.1) is 6.92 Å². The van der Waals surface area contributed by atoms with E-state index in [1.807, 2.05) is 49.4 Å². The number of hydrogen-bond acceptors (Lipinski definition) is 5. The molecule has 0 saturated carbocycles. The number of methoxy groups -OCH3 is 1. The Morgan fingerprint density at radius 1 is 1.11 bits per heavy atom. The summed E-state index contributed by atoms with van der Waals surface area (Å²) in [5.41, 5.74) is 1.86. The Bertz CT molecular complexity index is 1300. The number of carbonyl (C=O) groups is 2. The van der Waals surface area contributed by atoms with E-state index in [-0.39, 0.29) is 6.54 Å². The molecule has 0 atom stereocenters. The number of nitrogens with zero attached hydrogens (tertiary/aromatic N) is 2. The zero-order chi connectivity index (χ0) is 19.8. The van der Waals surface area contributed by atoms with Gasteiger partial charge in [-0.3, -0.25) is 9.59 Å². The Balaban J connectivity index is 1.89. The third kappa shape index (κ3) is 3.26. The van der Waals surface area contributed by atoms with Crippen LogP contribution in [0.5, 0.6) is 0 Å². The van der Waals surface area contributed by atoms with Gasteiger partial charge < -0.3 is 9.30 Å². The monoisotopic (exact) mass is 430 g/mol. The average Bonchev–Trinajstić information content (AvgIpc) is 3.21. The minimum absolute atomic E-state index is 0.0202. The molecule has 28 heavy (non-hydrogen) atoms. The molecule has 4 rings (SSSR count). The van der Waals surface area contributed by atoms with E-state index in [0.29, 0.717) is 14.7 Å². The standard InChI is InChI=1S/C20H15ClN2O3S2/c1-11-6-5-9-14-17(11)23(10-15(24)26-2)20(28-14)22-19(25)18-16(21)12-7-3-4-8-13(12)27-18/h3-9H,10H2,1-2H3. The van der Waals surface area contributed by atoms with Crippen molar-refractivity contribution in [1.29, 1.82) is 0 Å². The van der Waals surface area contributed by atoms with E-state index in [2.05, 4.69) is 4.99 Å². The average molecular weight is 431 g/mol. The van der Waals surface area contributed by atoms with Gasteiger partial charge in [0.2, 0.25) is 0 Å². The highest BCUT2D eigenvalue weighted by atomic mass is 35.5. The van der Waals surface area contributed by atoms with Gasteiger partial charge in [-0.15, -0.1) is 11.3 Å². The van der Waals surface area contributed by atoms with Crippen molar-refractivity contribution in [3.63, 3.8) is 0 Å². The Labute approximate surface area is 173 Å². The first kappa shape index (κ1) is 18.9. The van der Waals surface area contributed by atoms with Crippen molar-refractivity contribution < 1.29 is 14.3 Å². The van der Waals surface area contributed by atoms with E-state index >= 15 is 0 Å². The lowest BCUT2D eigenvalue weighted by atomic mass is 10.2. The number of esters is 1. The van der Waals surface area contributed by atoms with Crippen molar-refractivity contribution in [2.24, 2.45) is 4.99 Å². The van der Waals surface area contributed by atoms with Crippen LogP contribution in [0.4, 0.5) is 0 Å². The van der Waals surface area contributed by atoms with E-state index < -0.39 is 11.9 Å². The summed E-state index contributed by atoms with van der Waals surface area (Å²) < 4.78 is 8.41. The van der Waals surface area contributed by atoms with Crippen LogP contribution in [0.3, 0.4) is 0 Å². The zero-order valence-corrected chi connectivity index (χ0v) is 17.5. The van der Waals surface area contributed by atoms with Crippen LogP contribution in [0.1, 0.15) is 15.2 Å². The summed E-state index contributed by atoms with van der Waals surface area (Å²) >= 11 is 9.09. The number of fused-ring (bicyclic) bond motifs is 2. The maximum Gasteiger partial charge on any atom is 0.325 e. The second kappa shape index (κ2) is 7.50. The molecule has 0 aliphatic carbocycles. The highest BCUT2D eigenvalue weighted by Crippen LogP contribution is 2.35. The minimum atomic E-state index is -0.422. The topological polar surface area (TPSA) is 60.7 Å². The van der Waals surface area contributed by atoms with Gasteiger partial charge in [0.25, 0.3) is 5.91 Å². The summed E-state index contributed by atoms with van der Waals surface area (Å²) in [6.07, 6.45) is 0. The number of rotatable bonds is 3. The quantitative estimate of drug-likeness (QED) is 0.439. The van der Waals surface area contributed by atoms with Crippen molar-refractivity contribution in [1.82, 2.24) is 4.57 Å². The lowest BCUT2D eigenvalue weighted by Crippen LogP contribution is -2.22. The Hall–Kier alpha value is -2.48. The number of carbonyl (C=O) groups excluding carboxylic acids is 2. The lowest BCUT2D eigenvalue weighted by molar-refractivity contribution is -0.141. The van der Waals surface area contributed by atoms with Crippen LogP contribution in [0.25, 0.3) is 20.3 Å². The van der Waals surface area contributed by atoms with Crippen molar-refractivity contribution in [2.75, 3.05) is 7.11 Å². The summed E-state index contributed by atoms with van der Waals surface area (Å²) in [7, 11) is 1.34. The van der Waals surface area contributed by atoms with Crippen LogP contribution in [-0.4, -0.2) is 23.6 Å². The van der Waals surface area contributed by atoms with Gasteiger partial charge >= 0.3 is 5.97 Å². The molecular weight excluding hydrogens is 416 g/mol. The third-order valence-electron chi connectivity index (χ3n) is 4.34. The van der Waals surface area contributed by atoms with Crippen molar-refractivity contribution in [2.45, 2.75) is 13.5 Å². The number of thiazole rings is 1. The fraction of sp³-hybridized carbons (Fsp3) is 0.150. The fourth-order valence-corrected chi connectivity index (χ4v) is 5.52. The summed E-state index contributed by atoms with van der Waals surface area (Å²) in [5.74, 6) is -0.828. The van der Waals surface area contributed by atoms with E-state index in [0.717, 1.165) is 25.9 Å². The summed E-state index contributed by atoms with van der Waals surface area (Å²) in [6, 6.07) is 13.4. The summed E-state index contributed by atoms with van der Waals surface area (Å²) in [6.45, 7) is 1.94. The molecule has 0 radical (unpaired) electrons. The number of ether oxygens (including phenoxy) is 1. The number of halogens is 1. The number of benzene rings is 2. The van der Waals surface area contributed by atoms with Crippen LogP contribution in [-0.2, 0) is 16.1 Å². The predicted molar refractivity (Wildman–Crippen MR) is 113 cm³/mol. The first-order chi connectivity index (χ1) is 13.5. The number of hydrogen-bond donors (Lipinski definition) is 0. The van der Waals surface area contributed by atoms with Crippen LogP contribution in [0.15, 0.2) is 47.5 Å². The maximum absolute atomic E-state index is 12.9. The van der Waals surface area contributed by atoms with Crippen LogP contribution < -0.4 is 4.80 Å². The SMILES string of the molecule is COC(=O)Cn1c(=NC(=O)c2sc3ccccc3c2Cl)sc2cccc(C)c21.